The molecule has 0 aliphatic carbocycles. The van der Waals surface area contributed by atoms with E-state index in [0.717, 1.165) is 0 Å². The molecule has 8 nitrogen and oxygen atoms in total. The van der Waals surface area contributed by atoms with Crippen LogP contribution in [0.3, 0.4) is 0 Å². The van der Waals surface area contributed by atoms with E-state index in [2.05, 4.69) is 5.32 Å². The van der Waals surface area contributed by atoms with Gasteiger partial charge in [0.2, 0.25) is 0 Å². The predicted molar refractivity (Wildman–Crippen MR) is 95.8 cm³/mol. The third kappa shape index (κ3) is 4.41. The van der Waals surface area contributed by atoms with Crippen molar-refractivity contribution in [1.82, 2.24) is 4.57 Å². The lowest BCUT2D eigenvalue weighted by Gasteiger charge is -2.07. The summed E-state index contributed by atoms with van der Waals surface area (Å²) >= 11 is 0. The number of carbonyl (C=O) groups excluding carboxylic acids is 2. The average molecular weight is 365 g/mol. The number of nitrogens with one attached hydrogen (secondary N) is 1. The van der Waals surface area contributed by atoms with E-state index >= 15 is 0 Å². The fourth-order valence-corrected chi connectivity index (χ4v) is 2.47. The summed E-state index contributed by atoms with van der Waals surface area (Å²) in [6.07, 6.45) is -0.0758. The second-order valence-corrected chi connectivity index (χ2v) is 5.64. The third-order valence-electron chi connectivity index (χ3n) is 3.78. The van der Waals surface area contributed by atoms with E-state index in [0.29, 0.717) is 22.4 Å². The minimum Gasteiger partial charge on any atom is -0.456 e. The number of hydrogen-bond acceptors (Lipinski definition) is 6. The van der Waals surface area contributed by atoms with Gasteiger partial charge in [-0.1, -0.05) is 12.1 Å². The zero-order valence-corrected chi connectivity index (χ0v) is 14.2. The number of anilines is 1. The zero-order chi connectivity index (χ0) is 19.2. The molecule has 1 heterocycles. The highest BCUT2D eigenvalue weighted by Crippen LogP contribution is 2.12. The van der Waals surface area contributed by atoms with Gasteiger partial charge in [-0.15, -0.1) is 0 Å². The zero-order valence-electron chi connectivity index (χ0n) is 14.2. The Bertz CT molecular complexity index is 1070. The van der Waals surface area contributed by atoms with E-state index in [4.69, 9.17) is 14.4 Å². The molecule has 0 fully saturated rings. The van der Waals surface area contributed by atoms with Crippen LogP contribution in [-0.4, -0.2) is 23.1 Å². The molecular formula is C19H15N3O5. The number of para-hydroxylation sites is 2. The van der Waals surface area contributed by atoms with Gasteiger partial charge in [0.15, 0.2) is 12.2 Å². The van der Waals surface area contributed by atoms with Crippen LogP contribution >= 0.6 is 0 Å². The van der Waals surface area contributed by atoms with Crippen LogP contribution in [-0.2, 0) is 20.9 Å². The quantitative estimate of drug-likeness (QED) is 0.669. The Morgan fingerprint density at radius 1 is 1.15 bits per heavy atom. The summed E-state index contributed by atoms with van der Waals surface area (Å²) < 4.78 is 11.3. The fourth-order valence-electron chi connectivity index (χ4n) is 2.47. The lowest BCUT2D eigenvalue weighted by molar-refractivity contribution is -0.147. The van der Waals surface area contributed by atoms with Crippen LogP contribution in [0.4, 0.5) is 5.69 Å². The number of aryl methyl sites for hydroxylation is 1. The van der Waals surface area contributed by atoms with Gasteiger partial charge in [0.05, 0.1) is 23.6 Å². The molecule has 0 saturated carbocycles. The van der Waals surface area contributed by atoms with Crippen molar-refractivity contribution in [3.63, 3.8) is 0 Å². The summed E-state index contributed by atoms with van der Waals surface area (Å²) in [5.41, 5.74) is 2.00. The van der Waals surface area contributed by atoms with Crippen molar-refractivity contribution in [2.24, 2.45) is 0 Å². The number of rotatable bonds is 6. The van der Waals surface area contributed by atoms with Gasteiger partial charge in [-0.3, -0.25) is 14.2 Å². The normalized spacial score (nSPS) is 10.3. The Morgan fingerprint density at radius 2 is 1.89 bits per heavy atom. The monoisotopic (exact) mass is 365 g/mol. The second-order valence-electron chi connectivity index (χ2n) is 5.64. The molecule has 0 saturated heterocycles. The lowest BCUT2D eigenvalue weighted by Crippen LogP contribution is -2.22. The van der Waals surface area contributed by atoms with Gasteiger partial charge in [-0.05, 0) is 36.4 Å². The summed E-state index contributed by atoms with van der Waals surface area (Å²) in [6, 6.07) is 15.2. The standard InChI is InChI=1S/C19H15N3O5/c20-11-13-5-7-14(8-6-13)21-17(23)12-26-18(24)9-10-22-15-3-1-2-4-16(15)27-19(22)25/h1-8H,9-10,12H2,(H,21,23). The number of fused-ring (bicyclic) bond motifs is 1. The van der Waals surface area contributed by atoms with Crippen molar-refractivity contribution in [2.75, 3.05) is 11.9 Å². The van der Waals surface area contributed by atoms with Crippen molar-refractivity contribution in [1.29, 1.82) is 5.26 Å². The lowest BCUT2D eigenvalue weighted by atomic mass is 10.2. The number of amides is 1. The molecule has 136 valence electrons. The van der Waals surface area contributed by atoms with Crippen LogP contribution in [0.25, 0.3) is 11.1 Å². The maximum Gasteiger partial charge on any atom is 0.419 e. The Morgan fingerprint density at radius 3 is 2.63 bits per heavy atom. The number of aromatic nitrogens is 1. The largest absolute Gasteiger partial charge is 0.456 e. The minimum atomic E-state index is -0.609. The molecule has 8 heteroatoms. The third-order valence-corrected chi connectivity index (χ3v) is 3.78. The summed E-state index contributed by atoms with van der Waals surface area (Å²) in [5.74, 6) is -1.66. The van der Waals surface area contributed by atoms with Crippen LogP contribution in [0.15, 0.2) is 57.7 Å². The van der Waals surface area contributed by atoms with Gasteiger partial charge in [0.1, 0.15) is 0 Å². The number of hydrogen-bond donors (Lipinski definition) is 1. The second kappa shape index (κ2) is 8.01. The molecule has 1 aromatic heterocycles. The van der Waals surface area contributed by atoms with Crippen molar-refractivity contribution in [3.8, 4) is 6.07 Å². The average Bonchev–Trinajstić information content (AvgIpc) is 3.00. The van der Waals surface area contributed by atoms with Gasteiger partial charge in [-0.25, -0.2) is 4.79 Å². The summed E-state index contributed by atoms with van der Waals surface area (Å²) in [7, 11) is 0. The first-order chi connectivity index (χ1) is 13.1. The van der Waals surface area contributed by atoms with Crippen molar-refractivity contribution >= 4 is 28.7 Å². The molecule has 3 aromatic rings. The Balaban J connectivity index is 1.49. The van der Waals surface area contributed by atoms with E-state index in [9.17, 15) is 14.4 Å². The molecule has 0 aliphatic rings. The number of esters is 1. The highest BCUT2D eigenvalue weighted by atomic mass is 16.5. The van der Waals surface area contributed by atoms with E-state index in [1.165, 1.54) is 4.57 Å². The summed E-state index contributed by atoms with van der Waals surface area (Å²) in [6.45, 7) is -0.355. The van der Waals surface area contributed by atoms with Crippen LogP contribution in [0.2, 0.25) is 0 Å². The molecule has 0 spiro atoms. The molecule has 0 bridgehead atoms. The van der Waals surface area contributed by atoms with E-state index in [1.807, 2.05) is 6.07 Å². The number of nitriles is 1. The van der Waals surface area contributed by atoms with Gasteiger partial charge >= 0.3 is 11.7 Å². The van der Waals surface area contributed by atoms with Crippen LogP contribution in [0, 0.1) is 11.3 Å². The number of ether oxygens (including phenoxy) is 1. The highest BCUT2D eigenvalue weighted by Gasteiger charge is 2.12. The first-order valence-corrected chi connectivity index (χ1v) is 8.11. The highest BCUT2D eigenvalue weighted by molar-refractivity contribution is 5.92. The van der Waals surface area contributed by atoms with E-state index < -0.39 is 24.2 Å². The molecule has 0 unspecified atom stereocenters. The summed E-state index contributed by atoms with van der Waals surface area (Å²) in [4.78, 5) is 35.5. The minimum absolute atomic E-state index is 0.0758. The van der Waals surface area contributed by atoms with Gasteiger partial charge in [0.25, 0.3) is 5.91 Å². The SMILES string of the molecule is N#Cc1ccc(NC(=O)COC(=O)CCn2c(=O)oc3ccccc32)cc1. The molecule has 27 heavy (non-hydrogen) atoms. The number of oxazole rings is 1. The van der Waals surface area contributed by atoms with Crippen molar-refractivity contribution < 1.29 is 18.7 Å². The van der Waals surface area contributed by atoms with E-state index in [-0.39, 0.29) is 13.0 Å². The predicted octanol–water partition coefficient (Wildman–Crippen LogP) is 2.04. The van der Waals surface area contributed by atoms with E-state index in [1.54, 1.807) is 48.5 Å². The van der Waals surface area contributed by atoms with Gasteiger partial charge in [0, 0.05) is 12.2 Å². The van der Waals surface area contributed by atoms with Crippen LogP contribution < -0.4 is 11.1 Å². The first kappa shape index (κ1) is 17.9. The Kier molecular flexibility index (Phi) is 5.33. The molecule has 0 radical (unpaired) electrons. The smallest absolute Gasteiger partial charge is 0.419 e. The van der Waals surface area contributed by atoms with Crippen molar-refractivity contribution in [2.45, 2.75) is 13.0 Å². The Labute approximate surface area is 153 Å². The molecule has 1 N–H and O–H groups in total. The molecular weight excluding hydrogens is 350 g/mol. The van der Waals surface area contributed by atoms with Crippen molar-refractivity contribution in [3.05, 3.63) is 64.6 Å². The van der Waals surface area contributed by atoms with Gasteiger partial charge < -0.3 is 14.5 Å². The van der Waals surface area contributed by atoms with Crippen LogP contribution in [0.5, 0.6) is 0 Å². The number of nitrogens with zero attached hydrogens (tertiary/aromatic N) is 2. The maximum absolute atomic E-state index is 11.8. The summed E-state index contributed by atoms with van der Waals surface area (Å²) in [5, 5.41) is 11.3. The van der Waals surface area contributed by atoms with Crippen LogP contribution in [0.1, 0.15) is 12.0 Å². The fraction of sp³-hybridized carbons (Fsp3) is 0.158. The Hall–Kier alpha value is -3.86. The topological polar surface area (TPSA) is 114 Å². The number of benzene rings is 2. The molecule has 2 aromatic carbocycles. The maximum atomic E-state index is 11.8. The number of carbonyl (C=O) groups is 2. The molecule has 0 aliphatic heterocycles. The van der Waals surface area contributed by atoms with Gasteiger partial charge in [-0.2, -0.15) is 5.26 Å². The first-order valence-electron chi connectivity index (χ1n) is 8.11. The molecule has 1 amide bonds. The molecule has 0 atom stereocenters. The molecule has 3 rings (SSSR count).